The zero-order chi connectivity index (χ0) is 13.1. The Bertz CT molecular complexity index is 257. The van der Waals surface area contributed by atoms with Gasteiger partial charge in [0.1, 0.15) is 0 Å². The zero-order valence-corrected chi connectivity index (χ0v) is 12.0. The number of nitrogens with zero attached hydrogens (tertiary/aromatic N) is 1. The van der Waals surface area contributed by atoms with Crippen LogP contribution in [0.3, 0.4) is 0 Å². The molecule has 17 heavy (non-hydrogen) atoms. The molecule has 0 aromatic heterocycles. The Labute approximate surface area is 106 Å². The van der Waals surface area contributed by atoms with Crippen LogP contribution in [0.1, 0.15) is 47.0 Å². The number of carbonyl (C=O) groups excluding carboxylic acids is 1. The average molecular weight is 240 g/mol. The van der Waals surface area contributed by atoms with Crippen molar-refractivity contribution >= 4 is 5.91 Å². The summed E-state index contributed by atoms with van der Waals surface area (Å²) in [6.07, 6.45) is 3.01. The van der Waals surface area contributed by atoms with Gasteiger partial charge < -0.3 is 10.2 Å². The minimum Gasteiger partial charge on any atom is -0.343 e. The number of rotatable bonds is 5. The molecule has 1 N–H and O–H groups in total. The minimum atomic E-state index is -0.139. The first kappa shape index (κ1) is 14.5. The fourth-order valence-electron chi connectivity index (χ4n) is 2.79. The summed E-state index contributed by atoms with van der Waals surface area (Å²) in [5.41, 5.74) is -0.139. The normalized spacial score (nSPS) is 26.2. The Morgan fingerprint density at radius 2 is 2.06 bits per heavy atom. The second-order valence-corrected chi connectivity index (χ2v) is 5.96. The first-order valence-corrected chi connectivity index (χ1v) is 6.91. The number of carbonyl (C=O) groups is 1. The van der Waals surface area contributed by atoms with E-state index in [-0.39, 0.29) is 5.41 Å². The van der Waals surface area contributed by atoms with E-state index in [1.165, 1.54) is 0 Å². The van der Waals surface area contributed by atoms with Gasteiger partial charge in [0, 0.05) is 19.6 Å². The monoisotopic (exact) mass is 240 g/mol. The maximum absolute atomic E-state index is 12.6. The van der Waals surface area contributed by atoms with E-state index in [4.69, 9.17) is 0 Å². The maximum Gasteiger partial charge on any atom is 0.230 e. The van der Waals surface area contributed by atoms with Gasteiger partial charge in [0.2, 0.25) is 5.91 Å². The highest BCUT2D eigenvalue weighted by atomic mass is 16.2. The molecule has 0 aliphatic carbocycles. The van der Waals surface area contributed by atoms with Gasteiger partial charge in [0.05, 0.1) is 5.41 Å². The molecule has 1 aliphatic rings. The van der Waals surface area contributed by atoms with Crippen molar-refractivity contribution in [3.05, 3.63) is 0 Å². The van der Waals surface area contributed by atoms with E-state index < -0.39 is 0 Å². The van der Waals surface area contributed by atoms with Crippen LogP contribution in [0.5, 0.6) is 0 Å². The van der Waals surface area contributed by atoms with E-state index >= 15 is 0 Å². The Morgan fingerprint density at radius 3 is 2.47 bits per heavy atom. The summed E-state index contributed by atoms with van der Waals surface area (Å²) in [4.78, 5) is 14.6. The lowest BCUT2D eigenvalue weighted by molar-refractivity contribution is -0.142. The van der Waals surface area contributed by atoms with Crippen molar-refractivity contribution in [3.63, 3.8) is 0 Å². The van der Waals surface area contributed by atoms with E-state index in [0.717, 1.165) is 32.4 Å². The second kappa shape index (κ2) is 5.85. The lowest BCUT2D eigenvalue weighted by Crippen LogP contribution is -2.47. The van der Waals surface area contributed by atoms with Crippen molar-refractivity contribution in [1.82, 2.24) is 10.2 Å². The first-order chi connectivity index (χ1) is 7.93. The molecule has 2 atom stereocenters. The molecule has 1 aliphatic heterocycles. The summed E-state index contributed by atoms with van der Waals surface area (Å²) in [5.74, 6) is 0.970. The molecule has 1 rings (SSSR count). The highest BCUT2D eigenvalue weighted by Gasteiger charge is 2.41. The molecule has 1 fully saturated rings. The van der Waals surface area contributed by atoms with Crippen molar-refractivity contribution in [3.8, 4) is 0 Å². The molecule has 0 saturated carbocycles. The maximum atomic E-state index is 12.6. The van der Waals surface area contributed by atoms with Crippen LogP contribution < -0.4 is 5.32 Å². The molecule has 2 unspecified atom stereocenters. The highest BCUT2D eigenvalue weighted by Crippen LogP contribution is 2.32. The zero-order valence-electron chi connectivity index (χ0n) is 12.0. The van der Waals surface area contributed by atoms with Crippen LogP contribution in [0.25, 0.3) is 0 Å². The molecule has 0 aromatic carbocycles. The van der Waals surface area contributed by atoms with Gasteiger partial charge in [-0.15, -0.1) is 0 Å². The lowest BCUT2D eigenvalue weighted by atomic mass is 9.82. The van der Waals surface area contributed by atoms with Gasteiger partial charge in [0.25, 0.3) is 0 Å². The standard InChI is InChI=1S/C14H28N2O/c1-6-14(7-8-15-10-14)13(17)16(5)12(4)9-11(2)3/h11-12,15H,6-10H2,1-5H3. The predicted octanol–water partition coefficient (Wildman–Crippen LogP) is 2.27. The molecule has 100 valence electrons. The van der Waals surface area contributed by atoms with Crippen LogP contribution in [0.2, 0.25) is 0 Å². The number of nitrogens with one attached hydrogen (secondary N) is 1. The first-order valence-electron chi connectivity index (χ1n) is 6.91. The SMILES string of the molecule is CCC1(C(=O)N(C)C(C)CC(C)C)CCNC1. The van der Waals surface area contributed by atoms with Gasteiger partial charge in [0.15, 0.2) is 0 Å². The Kier molecular flexibility index (Phi) is 4.99. The van der Waals surface area contributed by atoms with Gasteiger partial charge in [-0.2, -0.15) is 0 Å². The predicted molar refractivity (Wildman–Crippen MR) is 71.9 cm³/mol. The van der Waals surface area contributed by atoms with E-state index in [0.29, 0.717) is 17.9 Å². The third-order valence-electron chi connectivity index (χ3n) is 4.17. The van der Waals surface area contributed by atoms with Crippen LogP contribution in [0.15, 0.2) is 0 Å². The van der Waals surface area contributed by atoms with Gasteiger partial charge in [-0.25, -0.2) is 0 Å². The van der Waals surface area contributed by atoms with Crippen LogP contribution in [-0.2, 0) is 4.79 Å². The topological polar surface area (TPSA) is 32.3 Å². The minimum absolute atomic E-state index is 0.139. The lowest BCUT2D eigenvalue weighted by Gasteiger charge is -2.35. The summed E-state index contributed by atoms with van der Waals surface area (Å²) in [6, 6.07) is 0.339. The van der Waals surface area contributed by atoms with Gasteiger partial charge in [-0.3, -0.25) is 4.79 Å². The van der Waals surface area contributed by atoms with Gasteiger partial charge in [-0.05, 0) is 38.6 Å². The summed E-state index contributed by atoms with van der Waals surface area (Å²) in [6.45, 7) is 10.5. The van der Waals surface area contributed by atoms with Crippen molar-refractivity contribution in [1.29, 1.82) is 0 Å². The van der Waals surface area contributed by atoms with Crippen molar-refractivity contribution < 1.29 is 4.79 Å². The quantitative estimate of drug-likeness (QED) is 0.799. The van der Waals surface area contributed by atoms with E-state index in [2.05, 4.69) is 33.0 Å². The molecule has 1 amide bonds. The molecule has 1 saturated heterocycles. The second-order valence-electron chi connectivity index (χ2n) is 5.96. The molecular formula is C14H28N2O. The van der Waals surface area contributed by atoms with Crippen molar-refractivity contribution in [2.45, 2.75) is 53.0 Å². The van der Waals surface area contributed by atoms with E-state index in [1.807, 2.05) is 11.9 Å². The third kappa shape index (κ3) is 3.21. The summed E-state index contributed by atoms with van der Waals surface area (Å²) in [7, 11) is 1.96. The molecule has 0 radical (unpaired) electrons. The molecule has 0 aromatic rings. The number of amides is 1. The summed E-state index contributed by atoms with van der Waals surface area (Å²) in [5, 5.41) is 3.33. The number of hydrogen-bond donors (Lipinski definition) is 1. The Hall–Kier alpha value is -0.570. The highest BCUT2D eigenvalue weighted by molar-refractivity contribution is 5.83. The molecule has 3 nitrogen and oxygen atoms in total. The third-order valence-corrected chi connectivity index (χ3v) is 4.17. The largest absolute Gasteiger partial charge is 0.343 e. The van der Waals surface area contributed by atoms with Crippen molar-refractivity contribution in [2.24, 2.45) is 11.3 Å². The fraction of sp³-hybridized carbons (Fsp3) is 0.929. The average Bonchev–Trinajstić information content (AvgIpc) is 2.75. The molecule has 0 spiro atoms. The van der Waals surface area contributed by atoms with Crippen LogP contribution in [0.4, 0.5) is 0 Å². The summed E-state index contributed by atoms with van der Waals surface area (Å²) < 4.78 is 0. The molecule has 3 heteroatoms. The molecule has 0 bridgehead atoms. The molecular weight excluding hydrogens is 212 g/mol. The van der Waals surface area contributed by atoms with Crippen LogP contribution in [0, 0.1) is 11.3 Å². The Morgan fingerprint density at radius 1 is 1.41 bits per heavy atom. The Balaban J connectivity index is 2.67. The van der Waals surface area contributed by atoms with E-state index in [1.54, 1.807) is 0 Å². The van der Waals surface area contributed by atoms with Crippen molar-refractivity contribution in [2.75, 3.05) is 20.1 Å². The smallest absolute Gasteiger partial charge is 0.230 e. The van der Waals surface area contributed by atoms with E-state index in [9.17, 15) is 4.79 Å². The van der Waals surface area contributed by atoms with Gasteiger partial charge >= 0.3 is 0 Å². The summed E-state index contributed by atoms with van der Waals surface area (Å²) >= 11 is 0. The van der Waals surface area contributed by atoms with Gasteiger partial charge in [-0.1, -0.05) is 20.8 Å². The van der Waals surface area contributed by atoms with Crippen LogP contribution in [-0.4, -0.2) is 37.0 Å². The fourth-order valence-corrected chi connectivity index (χ4v) is 2.79. The number of hydrogen-bond acceptors (Lipinski definition) is 2. The molecule has 1 heterocycles. The van der Waals surface area contributed by atoms with Crippen LogP contribution >= 0.6 is 0 Å².